The summed E-state index contributed by atoms with van der Waals surface area (Å²) in [4.78, 5) is 12.9. The second-order valence-electron chi connectivity index (χ2n) is 8.01. The molecule has 4 rings (SSSR count). The molecule has 1 N–H and O–H groups in total. The van der Waals surface area contributed by atoms with Gasteiger partial charge in [0.15, 0.2) is 11.5 Å². The lowest BCUT2D eigenvalue weighted by molar-refractivity contribution is 0.0948. The summed E-state index contributed by atoms with van der Waals surface area (Å²) < 4.78 is 16.9. The lowest BCUT2D eigenvalue weighted by Crippen LogP contribution is -2.24. The molecule has 1 aliphatic heterocycles. The molecule has 5 heteroatoms. The van der Waals surface area contributed by atoms with Crippen molar-refractivity contribution >= 4 is 5.91 Å². The SMILES string of the molecule is Cc1ccc(C(C)C)c(OCc2ccccc2C(=O)NCc2ccc3c(c2)OCO3)c1. The largest absolute Gasteiger partial charge is 0.489 e. The molecule has 0 aromatic heterocycles. The summed E-state index contributed by atoms with van der Waals surface area (Å²) in [5.41, 5.74) is 4.72. The predicted molar refractivity (Wildman–Crippen MR) is 120 cm³/mol. The second kappa shape index (κ2) is 9.13. The van der Waals surface area contributed by atoms with Crippen LogP contribution in [0.5, 0.6) is 17.2 Å². The zero-order chi connectivity index (χ0) is 21.8. The van der Waals surface area contributed by atoms with Crippen LogP contribution in [0.4, 0.5) is 0 Å². The Bertz CT molecular complexity index is 1090. The highest BCUT2D eigenvalue weighted by Gasteiger charge is 2.16. The van der Waals surface area contributed by atoms with Gasteiger partial charge < -0.3 is 19.5 Å². The van der Waals surface area contributed by atoms with E-state index in [9.17, 15) is 4.79 Å². The molecule has 160 valence electrons. The summed E-state index contributed by atoms with van der Waals surface area (Å²) in [6, 6.07) is 19.5. The number of hydrogen-bond donors (Lipinski definition) is 1. The van der Waals surface area contributed by atoms with E-state index in [2.05, 4.69) is 44.3 Å². The van der Waals surface area contributed by atoms with Crippen LogP contribution in [0.2, 0.25) is 0 Å². The summed E-state index contributed by atoms with van der Waals surface area (Å²) in [5, 5.41) is 2.99. The van der Waals surface area contributed by atoms with Gasteiger partial charge in [-0.15, -0.1) is 0 Å². The number of ether oxygens (including phenoxy) is 3. The zero-order valence-corrected chi connectivity index (χ0v) is 18.1. The van der Waals surface area contributed by atoms with Crippen LogP contribution in [0.25, 0.3) is 0 Å². The predicted octanol–water partition coefficient (Wildman–Crippen LogP) is 5.36. The molecular formula is C26H27NO4. The number of nitrogens with one attached hydrogen (secondary N) is 1. The van der Waals surface area contributed by atoms with E-state index in [0.29, 0.717) is 30.4 Å². The van der Waals surface area contributed by atoms with E-state index < -0.39 is 0 Å². The first kappa shape index (κ1) is 20.8. The van der Waals surface area contributed by atoms with E-state index >= 15 is 0 Å². The summed E-state index contributed by atoms with van der Waals surface area (Å²) >= 11 is 0. The minimum atomic E-state index is -0.134. The fourth-order valence-electron chi connectivity index (χ4n) is 3.60. The highest BCUT2D eigenvalue weighted by Crippen LogP contribution is 2.32. The molecule has 3 aromatic carbocycles. The summed E-state index contributed by atoms with van der Waals surface area (Å²) in [6.45, 7) is 7.31. The van der Waals surface area contributed by atoms with Gasteiger partial charge in [0.05, 0.1) is 0 Å². The average Bonchev–Trinajstić information content (AvgIpc) is 3.24. The van der Waals surface area contributed by atoms with Gasteiger partial charge in [0.1, 0.15) is 12.4 Å². The minimum Gasteiger partial charge on any atom is -0.489 e. The Balaban J connectivity index is 1.45. The molecule has 0 fully saturated rings. The smallest absolute Gasteiger partial charge is 0.251 e. The second-order valence-corrected chi connectivity index (χ2v) is 8.01. The van der Waals surface area contributed by atoms with Crippen LogP contribution in [0, 0.1) is 6.92 Å². The van der Waals surface area contributed by atoms with Gasteiger partial charge >= 0.3 is 0 Å². The molecule has 0 saturated heterocycles. The fourth-order valence-corrected chi connectivity index (χ4v) is 3.60. The molecule has 0 aliphatic carbocycles. The molecule has 0 atom stereocenters. The molecular weight excluding hydrogens is 390 g/mol. The van der Waals surface area contributed by atoms with E-state index in [-0.39, 0.29) is 12.7 Å². The van der Waals surface area contributed by atoms with Crippen molar-refractivity contribution in [2.75, 3.05) is 6.79 Å². The average molecular weight is 418 g/mol. The first-order valence-electron chi connectivity index (χ1n) is 10.5. The molecule has 31 heavy (non-hydrogen) atoms. The van der Waals surface area contributed by atoms with Gasteiger partial charge in [-0.2, -0.15) is 0 Å². The molecule has 1 heterocycles. The van der Waals surface area contributed by atoms with Gasteiger partial charge in [0, 0.05) is 17.7 Å². The molecule has 0 spiro atoms. The van der Waals surface area contributed by atoms with Crippen molar-refractivity contribution in [2.45, 2.75) is 39.8 Å². The normalized spacial score (nSPS) is 12.1. The van der Waals surface area contributed by atoms with Crippen LogP contribution in [0.15, 0.2) is 60.7 Å². The lowest BCUT2D eigenvalue weighted by Gasteiger charge is -2.16. The maximum atomic E-state index is 12.9. The van der Waals surface area contributed by atoms with Crippen molar-refractivity contribution in [3.63, 3.8) is 0 Å². The number of hydrogen-bond acceptors (Lipinski definition) is 4. The van der Waals surface area contributed by atoms with Crippen LogP contribution in [-0.2, 0) is 13.2 Å². The molecule has 1 amide bonds. The van der Waals surface area contributed by atoms with Crippen molar-refractivity contribution < 1.29 is 19.0 Å². The molecule has 1 aliphatic rings. The van der Waals surface area contributed by atoms with Crippen LogP contribution >= 0.6 is 0 Å². The maximum Gasteiger partial charge on any atom is 0.251 e. The lowest BCUT2D eigenvalue weighted by atomic mass is 10.0. The van der Waals surface area contributed by atoms with Gasteiger partial charge in [0.2, 0.25) is 6.79 Å². The number of rotatable bonds is 7. The molecule has 0 radical (unpaired) electrons. The van der Waals surface area contributed by atoms with Crippen LogP contribution < -0.4 is 19.5 Å². The van der Waals surface area contributed by atoms with Gasteiger partial charge in [-0.25, -0.2) is 0 Å². The van der Waals surface area contributed by atoms with Gasteiger partial charge in [-0.3, -0.25) is 4.79 Å². The highest BCUT2D eigenvalue weighted by atomic mass is 16.7. The highest BCUT2D eigenvalue weighted by molar-refractivity contribution is 5.95. The molecule has 5 nitrogen and oxygen atoms in total. The van der Waals surface area contributed by atoms with Gasteiger partial charge in [0.25, 0.3) is 5.91 Å². The quantitative estimate of drug-likeness (QED) is 0.563. The van der Waals surface area contributed by atoms with Gasteiger partial charge in [-0.1, -0.05) is 50.2 Å². The van der Waals surface area contributed by atoms with Crippen LogP contribution in [0.1, 0.15) is 52.4 Å². The summed E-state index contributed by atoms with van der Waals surface area (Å²) in [7, 11) is 0. The minimum absolute atomic E-state index is 0.134. The third-order valence-corrected chi connectivity index (χ3v) is 5.33. The number of amides is 1. The van der Waals surface area contributed by atoms with E-state index in [1.54, 1.807) is 0 Å². The molecule has 0 saturated carbocycles. The molecule has 0 bridgehead atoms. The monoisotopic (exact) mass is 417 g/mol. The van der Waals surface area contributed by atoms with E-state index in [1.807, 2.05) is 42.5 Å². The third kappa shape index (κ3) is 4.82. The van der Waals surface area contributed by atoms with Crippen molar-refractivity contribution in [2.24, 2.45) is 0 Å². The maximum absolute atomic E-state index is 12.9. The Hall–Kier alpha value is -3.47. The van der Waals surface area contributed by atoms with Crippen molar-refractivity contribution in [1.82, 2.24) is 5.32 Å². The molecule has 0 unspecified atom stereocenters. The van der Waals surface area contributed by atoms with E-state index in [4.69, 9.17) is 14.2 Å². The first-order chi connectivity index (χ1) is 15.0. The Kier molecular flexibility index (Phi) is 6.12. The third-order valence-electron chi connectivity index (χ3n) is 5.33. The summed E-state index contributed by atoms with van der Waals surface area (Å²) in [6.07, 6.45) is 0. The van der Waals surface area contributed by atoms with E-state index in [1.165, 1.54) is 0 Å². The van der Waals surface area contributed by atoms with Crippen LogP contribution in [-0.4, -0.2) is 12.7 Å². The van der Waals surface area contributed by atoms with Crippen molar-refractivity contribution in [1.29, 1.82) is 0 Å². The number of carbonyl (C=O) groups excluding carboxylic acids is 1. The molecule has 3 aromatic rings. The number of benzene rings is 3. The fraction of sp³-hybridized carbons (Fsp3) is 0.269. The first-order valence-corrected chi connectivity index (χ1v) is 10.5. The number of fused-ring (bicyclic) bond motifs is 1. The Morgan fingerprint density at radius 1 is 1.03 bits per heavy atom. The van der Waals surface area contributed by atoms with Crippen molar-refractivity contribution in [3.05, 3.63) is 88.5 Å². The Morgan fingerprint density at radius 2 is 1.84 bits per heavy atom. The number of aryl methyl sites for hydroxylation is 1. The van der Waals surface area contributed by atoms with Crippen LogP contribution in [0.3, 0.4) is 0 Å². The Morgan fingerprint density at radius 3 is 2.68 bits per heavy atom. The Labute approximate surface area is 183 Å². The number of carbonyl (C=O) groups is 1. The topological polar surface area (TPSA) is 56.8 Å². The standard InChI is InChI=1S/C26H27NO4/c1-17(2)21-10-8-18(3)12-24(21)29-15-20-6-4-5-7-22(20)26(28)27-14-19-9-11-23-25(13-19)31-16-30-23/h4-13,17H,14-16H2,1-3H3,(H,27,28). The zero-order valence-electron chi connectivity index (χ0n) is 18.1. The van der Waals surface area contributed by atoms with Gasteiger partial charge in [-0.05, 0) is 53.8 Å². The van der Waals surface area contributed by atoms with Crippen molar-refractivity contribution in [3.8, 4) is 17.2 Å². The van der Waals surface area contributed by atoms with E-state index in [0.717, 1.165) is 33.8 Å². The summed E-state index contributed by atoms with van der Waals surface area (Å²) in [5.74, 6) is 2.53.